The molecule has 1 N–H and O–H groups in total. The van der Waals surface area contributed by atoms with Crippen LogP contribution in [0.25, 0.3) is 0 Å². The van der Waals surface area contributed by atoms with Crippen molar-refractivity contribution in [3.63, 3.8) is 0 Å². The second-order valence-electron chi connectivity index (χ2n) is 5.58. The SMILES string of the molecule is CNC1CCCN(S(=O)(=O)CC(C)c2ccccc2)C1. The topological polar surface area (TPSA) is 49.4 Å². The van der Waals surface area contributed by atoms with Crippen LogP contribution in [0, 0.1) is 0 Å². The van der Waals surface area contributed by atoms with Crippen molar-refractivity contribution in [1.29, 1.82) is 0 Å². The number of sulfonamides is 1. The second-order valence-corrected chi connectivity index (χ2v) is 7.59. The average Bonchev–Trinajstić information content (AvgIpc) is 2.48. The van der Waals surface area contributed by atoms with E-state index in [9.17, 15) is 8.42 Å². The van der Waals surface area contributed by atoms with Gasteiger partial charge in [0.25, 0.3) is 0 Å². The van der Waals surface area contributed by atoms with Crippen LogP contribution in [-0.4, -0.2) is 44.7 Å². The van der Waals surface area contributed by atoms with Crippen molar-refractivity contribution >= 4 is 10.0 Å². The van der Waals surface area contributed by atoms with Gasteiger partial charge < -0.3 is 5.32 Å². The number of benzene rings is 1. The molecule has 5 heteroatoms. The number of hydrogen-bond acceptors (Lipinski definition) is 3. The van der Waals surface area contributed by atoms with Gasteiger partial charge in [-0.05, 0) is 31.4 Å². The Hall–Kier alpha value is -0.910. The fourth-order valence-electron chi connectivity index (χ4n) is 2.73. The molecule has 20 heavy (non-hydrogen) atoms. The molecule has 0 bridgehead atoms. The van der Waals surface area contributed by atoms with Crippen LogP contribution in [0.2, 0.25) is 0 Å². The van der Waals surface area contributed by atoms with E-state index in [1.807, 2.05) is 44.3 Å². The summed E-state index contributed by atoms with van der Waals surface area (Å²) in [5, 5.41) is 3.18. The van der Waals surface area contributed by atoms with Gasteiger partial charge in [-0.25, -0.2) is 12.7 Å². The predicted molar refractivity (Wildman–Crippen MR) is 82.3 cm³/mol. The third-order valence-corrected chi connectivity index (χ3v) is 6.05. The molecule has 4 nitrogen and oxygen atoms in total. The zero-order chi connectivity index (χ0) is 14.6. The van der Waals surface area contributed by atoms with Gasteiger partial charge in [0.1, 0.15) is 0 Å². The molecule has 1 aliphatic rings. The lowest BCUT2D eigenvalue weighted by Crippen LogP contribution is -2.47. The van der Waals surface area contributed by atoms with Crippen molar-refractivity contribution in [2.24, 2.45) is 0 Å². The fourth-order valence-corrected chi connectivity index (χ4v) is 4.58. The van der Waals surface area contributed by atoms with Gasteiger partial charge in [-0.15, -0.1) is 0 Å². The van der Waals surface area contributed by atoms with E-state index in [4.69, 9.17) is 0 Å². The smallest absolute Gasteiger partial charge is 0.214 e. The highest BCUT2D eigenvalue weighted by molar-refractivity contribution is 7.89. The van der Waals surface area contributed by atoms with Gasteiger partial charge >= 0.3 is 0 Å². The standard InChI is InChI=1S/C15H24N2O2S/c1-13(14-7-4-3-5-8-14)12-20(18,19)17-10-6-9-15(11-17)16-2/h3-5,7-8,13,15-16H,6,9-12H2,1-2H3. The van der Waals surface area contributed by atoms with Crippen molar-refractivity contribution in [2.45, 2.75) is 31.7 Å². The molecule has 0 radical (unpaired) electrons. The normalized spacial score (nSPS) is 22.6. The summed E-state index contributed by atoms with van der Waals surface area (Å²) in [5.74, 6) is 0.212. The van der Waals surface area contributed by atoms with Crippen LogP contribution in [0.15, 0.2) is 30.3 Å². The number of likely N-dealkylation sites (N-methyl/N-ethyl adjacent to an activating group) is 1. The van der Waals surface area contributed by atoms with Crippen molar-refractivity contribution in [1.82, 2.24) is 9.62 Å². The third-order valence-electron chi connectivity index (χ3n) is 4.01. The Bertz CT molecular complexity index is 516. The van der Waals surface area contributed by atoms with E-state index in [0.717, 1.165) is 18.4 Å². The maximum atomic E-state index is 12.5. The van der Waals surface area contributed by atoms with Gasteiger partial charge in [-0.3, -0.25) is 0 Å². The van der Waals surface area contributed by atoms with E-state index in [1.165, 1.54) is 0 Å². The van der Waals surface area contributed by atoms with E-state index in [2.05, 4.69) is 5.32 Å². The van der Waals surface area contributed by atoms with E-state index >= 15 is 0 Å². The van der Waals surface area contributed by atoms with E-state index < -0.39 is 10.0 Å². The number of piperidine rings is 1. The molecule has 2 atom stereocenters. The minimum Gasteiger partial charge on any atom is -0.316 e. The second kappa shape index (κ2) is 6.70. The minimum atomic E-state index is -3.18. The van der Waals surface area contributed by atoms with Gasteiger partial charge in [0.05, 0.1) is 5.75 Å². The summed E-state index contributed by atoms with van der Waals surface area (Å²) in [7, 11) is -1.28. The van der Waals surface area contributed by atoms with Crippen LogP contribution >= 0.6 is 0 Å². The Labute approximate surface area is 122 Å². The summed E-state index contributed by atoms with van der Waals surface area (Å²) in [6.07, 6.45) is 1.99. The van der Waals surface area contributed by atoms with Crippen LogP contribution in [0.4, 0.5) is 0 Å². The maximum Gasteiger partial charge on any atom is 0.214 e. The Morgan fingerprint density at radius 1 is 1.35 bits per heavy atom. The lowest BCUT2D eigenvalue weighted by Gasteiger charge is -2.32. The summed E-state index contributed by atoms with van der Waals surface area (Å²) >= 11 is 0. The highest BCUT2D eigenvalue weighted by Gasteiger charge is 2.29. The molecule has 2 rings (SSSR count). The Kier molecular flexibility index (Phi) is 5.18. The van der Waals surface area contributed by atoms with Crippen molar-refractivity contribution in [3.05, 3.63) is 35.9 Å². The van der Waals surface area contributed by atoms with Crippen molar-refractivity contribution in [3.8, 4) is 0 Å². The van der Waals surface area contributed by atoms with Crippen LogP contribution in [-0.2, 0) is 10.0 Å². The first-order chi connectivity index (χ1) is 9.53. The molecule has 0 aliphatic carbocycles. The molecule has 0 amide bonds. The summed E-state index contributed by atoms with van der Waals surface area (Å²) in [6.45, 7) is 3.23. The third kappa shape index (κ3) is 3.81. The minimum absolute atomic E-state index is 0.0242. The number of rotatable bonds is 5. The molecule has 112 valence electrons. The molecule has 1 saturated heterocycles. The molecule has 0 spiro atoms. The summed E-state index contributed by atoms with van der Waals surface area (Å²) in [6, 6.07) is 10.1. The highest BCUT2D eigenvalue weighted by atomic mass is 32.2. The molecule has 2 unspecified atom stereocenters. The number of nitrogens with one attached hydrogen (secondary N) is 1. The Balaban J connectivity index is 2.03. The molecule has 1 heterocycles. The molecule has 1 fully saturated rings. The summed E-state index contributed by atoms with van der Waals surface area (Å²) in [5.41, 5.74) is 1.08. The lowest BCUT2D eigenvalue weighted by molar-refractivity contribution is 0.292. The lowest BCUT2D eigenvalue weighted by atomic mass is 10.0. The van der Waals surface area contributed by atoms with Gasteiger partial charge in [-0.2, -0.15) is 0 Å². The zero-order valence-corrected chi connectivity index (χ0v) is 13.1. The molecule has 1 aromatic carbocycles. The molecule has 1 aliphatic heterocycles. The Morgan fingerprint density at radius 3 is 2.70 bits per heavy atom. The van der Waals surface area contributed by atoms with Gasteiger partial charge in [0, 0.05) is 19.1 Å². The van der Waals surface area contributed by atoms with Crippen molar-refractivity contribution in [2.75, 3.05) is 25.9 Å². The number of hydrogen-bond donors (Lipinski definition) is 1. The zero-order valence-electron chi connectivity index (χ0n) is 12.2. The van der Waals surface area contributed by atoms with E-state index in [1.54, 1.807) is 4.31 Å². The highest BCUT2D eigenvalue weighted by Crippen LogP contribution is 2.21. The average molecular weight is 296 g/mol. The van der Waals surface area contributed by atoms with Gasteiger partial charge in [0.15, 0.2) is 0 Å². The summed E-state index contributed by atoms with van der Waals surface area (Å²) in [4.78, 5) is 0. The Morgan fingerprint density at radius 2 is 2.05 bits per heavy atom. The van der Waals surface area contributed by atoms with Crippen LogP contribution in [0.1, 0.15) is 31.2 Å². The number of nitrogens with zero attached hydrogens (tertiary/aromatic N) is 1. The maximum absolute atomic E-state index is 12.5. The largest absolute Gasteiger partial charge is 0.316 e. The molecular formula is C15H24N2O2S. The first-order valence-electron chi connectivity index (χ1n) is 7.23. The molecule has 0 saturated carbocycles. The first kappa shape index (κ1) is 15.5. The van der Waals surface area contributed by atoms with E-state index in [0.29, 0.717) is 13.1 Å². The monoisotopic (exact) mass is 296 g/mol. The van der Waals surface area contributed by atoms with Crippen LogP contribution in [0.3, 0.4) is 0 Å². The quantitative estimate of drug-likeness (QED) is 0.901. The van der Waals surface area contributed by atoms with Gasteiger partial charge in [-0.1, -0.05) is 37.3 Å². The first-order valence-corrected chi connectivity index (χ1v) is 8.84. The van der Waals surface area contributed by atoms with Crippen molar-refractivity contribution < 1.29 is 8.42 Å². The van der Waals surface area contributed by atoms with E-state index in [-0.39, 0.29) is 17.7 Å². The van der Waals surface area contributed by atoms with Gasteiger partial charge in [0.2, 0.25) is 10.0 Å². The van der Waals surface area contributed by atoms with Crippen LogP contribution < -0.4 is 5.32 Å². The molecule has 0 aromatic heterocycles. The molecule has 1 aromatic rings. The fraction of sp³-hybridized carbons (Fsp3) is 0.600. The molecular weight excluding hydrogens is 272 g/mol. The van der Waals surface area contributed by atoms with Crippen LogP contribution in [0.5, 0.6) is 0 Å². The predicted octanol–water partition coefficient (Wildman–Crippen LogP) is 1.80. The summed E-state index contributed by atoms with van der Waals surface area (Å²) < 4.78 is 26.7.